The van der Waals surface area contributed by atoms with Gasteiger partial charge in [-0.3, -0.25) is 4.99 Å². The number of rotatable bonds is 9. The van der Waals surface area contributed by atoms with Crippen molar-refractivity contribution in [3.63, 3.8) is 0 Å². The number of halogens is 1. The van der Waals surface area contributed by atoms with Gasteiger partial charge in [-0.1, -0.05) is 23.4 Å². The molecular formula is C20H21FN6O2. The van der Waals surface area contributed by atoms with E-state index in [-0.39, 0.29) is 24.7 Å². The Bertz CT molecular complexity index is 971. The summed E-state index contributed by atoms with van der Waals surface area (Å²) in [5, 5.41) is 15.8. The summed E-state index contributed by atoms with van der Waals surface area (Å²) in [6.45, 7) is 0.843. The zero-order chi connectivity index (χ0) is 20.5. The van der Waals surface area contributed by atoms with Gasteiger partial charge in [0.15, 0.2) is 5.82 Å². The van der Waals surface area contributed by atoms with E-state index in [0.29, 0.717) is 35.8 Å². The number of nitrogens with zero attached hydrogens (tertiary/aromatic N) is 4. The second kappa shape index (κ2) is 10.1. The molecule has 4 N–H and O–H groups in total. The first-order chi connectivity index (χ1) is 14.2. The topological polar surface area (TPSA) is 122 Å². The zero-order valence-corrected chi connectivity index (χ0v) is 15.6. The molecule has 150 valence electrons. The van der Waals surface area contributed by atoms with Crippen LogP contribution in [0.2, 0.25) is 0 Å². The van der Waals surface area contributed by atoms with Gasteiger partial charge in [0.05, 0.1) is 36.0 Å². The van der Waals surface area contributed by atoms with Gasteiger partial charge in [-0.2, -0.15) is 0 Å². The molecule has 0 spiro atoms. The van der Waals surface area contributed by atoms with Crippen LogP contribution in [0.4, 0.5) is 10.1 Å². The van der Waals surface area contributed by atoms with Crippen LogP contribution in [-0.4, -0.2) is 39.1 Å². The van der Waals surface area contributed by atoms with E-state index in [4.69, 9.17) is 15.4 Å². The van der Waals surface area contributed by atoms with E-state index in [0.717, 1.165) is 5.69 Å². The van der Waals surface area contributed by atoms with E-state index in [9.17, 15) is 4.39 Å². The van der Waals surface area contributed by atoms with E-state index < -0.39 is 0 Å². The van der Waals surface area contributed by atoms with E-state index in [1.165, 1.54) is 12.3 Å². The molecule has 0 amide bonds. The highest BCUT2D eigenvalue weighted by molar-refractivity contribution is 6.10. The lowest BCUT2D eigenvalue weighted by Crippen LogP contribution is -2.09. The van der Waals surface area contributed by atoms with Crippen molar-refractivity contribution in [1.29, 1.82) is 0 Å². The Morgan fingerprint density at radius 3 is 2.72 bits per heavy atom. The summed E-state index contributed by atoms with van der Waals surface area (Å²) in [5.74, 6) is -0.0138. The van der Waals surface area contributed by atoms with Gasteiger partial charge in [-0.05, 0) is 18.6 Å². The molecule has 3 aromatic rings. The maximum absolute atomic E-state index is 13.9. The number of nitrogens with two attached hydrogens (primary N) is 1. The van der Waals surface area contributed by atoms with Crippen LogP contribution in [0.5, 0.6) is 0 Å². The van der Waals surface area contributed by atoms with Crippen LogP contribution in [0.15, 0.2) is 64.6 Å². The van der Waals surface area contributed by atoms with Gasteiger partial charge in [0, 0.05) is 24.8 Å². The monoisotopic (exact) mass is 396 g/mol. The third kappa shape index (κ3) is 5.69. The van der Waals surface area contributed by atoms with Crippen LogP contribution in [0.25, 0.3) is 5.70 Å². The predicted octanol–water partition coefficient (Wildman–Crippen LogP) is 2.39. The highest BCUT2D eigenvalue weighted by Gasteiger charge is 2.09. The Morgan fingerprint density at radius 1 is 1.24 bits per heavy atom. The summed E-state index contributed by atoms with van der Waals surface area (Å²) in [7, 11) is 0. The summed E-state index contributed by atoms with van der Waals surface area (Å²) in [5.41, 5.74) is 8.49. The van der Waals surface area contributed by atoms with Gasteiger partial charge >= 0.3 is 0 Å². The zero-order valence-electron chi connectivity index (χ0n) is 15.6. The fourth-order valence-corrected chi connectivity index (χ4v) is 2.43. The van der Waals surface area contributed by atoms with Crippen LogP contribution < -0.4 is 11.1 Å². The molecule has 29 heavy (non-hydrogen) atoms. The summed E-state index contributed by atoms with van der Waals surface area (Å²) in [4.78, 5) is 12.9. The smallest absolute Gasteiger partial charge is 0.175 e. The van der Waals surface area contributed by atoms with Crippen molar-refractivity contribution < 1.29 is 14.0 Å². The first-order valence-corrected chi connectivity index (χ1v) is 9.00. The van der Waals surface area contributed by atoms with Gasteiger partial charge in [0.1, 0.15) is 17.8 Å². The Balaban J connectivity index is 1.80. The molecular weight excluding hydrogens is 375 g/mol. The van der Waals surface area contributed by atoms with Crippen molar-refractivity contribution in [1.82, 2.24) is 15.1 Å². The lowest BCUT2D eigenvalue weighted by atomic mass is 10.2. The lowest BCUT2D eigenvalue weighted by molar-refractivity contribution is 0.292. The van der Waals surface area contributed by atoms with Gasteiger partial charge < -0.3 is 20.7 Å². The number of benzene rings is 1. The first-order valence-electron chi connectivity index (χ1n) is 9.00. The molecule has 0 aliphatic rings. The molecule has 0 atom stereocenters. The number of anilines is 1. The molecule has 2 aromatic heterocycles. The van der Waals surface area contributed by atoms with Crippen molar-refractivity contribution in [2.75, 3.05) is 18.5 Å². The van der Waals surface area contributed by atoms with Crippen LogP contribution in [0, 0.1) is 5.82 Å². The maximum atomic E-state index is 13.9. The molecule has 0 saturated heterocycles. The van der Waals surface area contributed by atoms with Crippen molar-refractivity contribution in [3.05, 3.63) is 78.0 Å². The predicted molar refractivity (Wildman–Crippen MR) is 108 cm³/mol. The number of aliphatic imine (C=N–C) groups is 1. The molecule has 0 bridgehead atoms. The largest absolute Gasteiger partial charge is 0.396 e. The lowest BCUT2D eigenvalue weighted by Gasteiger charge is -2.06. The number of nitrogens with one attached hydrogen (secondary N) is 1. The molecule has 0 unspecified atom stereocenters. The minimum atomic E-state index is -0.333. The molecule has 0 aliphatic carbocycles. The Labute approximate surface area is 167 Å². The van der Waals surface area contributed by atoms with E-state index in [2.05, 4.69) is 25.4 Å². The Hall–Kier alpha value is -3.59. The minimum Gasteiger partial charge on any atom is -0.396 e. The molecule has 0 radical (unpaired) electrons. The van der Waals surface area contributed by atoms with E-state index in [1.807, 2.05) is 0 Å². The van der Waals surface area contributed by atoms with Crippen molar-refractivity contribution in [2.45, 2.75) is 13.0 Å². The second-order valence-corrected chi connectivity index (χ2v) is 6.08. The fourth-order valence-electron chi connectivity index (χ4n) is 2.43. The van der Waals surface area contributed by atoms with Gasteiger partial charge in [-0.25, -0.2) is 14.4 Å². The Kier molecular flexibility index (Phi) is 7.01. The van der Waals surface area contributed by atoms with Crippen molar-refractivity contribution in [2.24, 2.45) is 10.7 Å². The van der Waals surface area contributed by atoms with Crippen LogP contribution in [-0.2, 0) is 6.54 Å². The minimum absolute atomic E-state index is 0.110. The van der Waals surface area contributed by atoms with Crippen molar-refractivity contribution >= 4 is 17.1 Å². The molecule has 0 saturated carbocycles. The average Bonchev–Trinajstić information content (AvgIpc) is 3.27. The number of aromatic nitrogens is 3. The number of hydrogen-bond donors (Lipinski definition) is 3. The van der Waals surface area contributed by atoms with Gasteiger partial charge in [-0.15, -0.1) is 0 Å². The molecule has 9 heteroatoms. The summed E-state index contributed by atoms with van der Waals surface area (Å²) < 4.78 is 18.8. The highest BCUT2D eigenvalue weighted by Crippen LogP contribution is 2.12. The first kappa shape index (κ1) is 20.2. The number of aliphatic hydroxyl groups excluding tert-OH is 1. The number of aliphatic hydroxyl groups is 1. The Morgan fingerprint density at radius 2 is 2.03 bits per heavy atom. The molecule has 0 fully saturated rings. The fraction of sp³-hybridized carbons (Fsp3) is 0.200. The quantitative estimate of drug-likeness (QED) is 0.375. The standard InChI is InChI=1S/C20H21FN6O2/c21-16-5-2-1-4-14(16)11-24-19(18-6-9-29-27-18)10-17(22)20-25-12-15(13-26-20)23-7-3-8-28/h1-2,4-6,9-10,12-13,23,28H,3,7-8,11,22H2. The molecule has 8 nitrogen and oxygen atoms in total. The summed E-state index contributed by atoms with van der Waals surface area (Å²) in [6.07, 6.45) is 6.83. The third-order valence-corrected chi connectivity index (χ3v) is 3.94. The second-order valence-electron chi connectivity index (χ2n) is 6.08. The number of hydrogen-bond acceptors (Lipinski definition) is 8. The molecule has 1 aromatic carbocycles. The SMILES string of the molecule is NC(=CC(=NCc1ccccc1F)c1ccon1)c1ncc(NCCCO)cn1. The van der Waals surface area contributed by atoms with Gasteiger partial charge in [0.2, 0.25) is 0 Å². The van der Waals surface area contributed by atoms with Crippen molar-refractivity contribution in [3.8, 4) is 0 Å². The van der Waals surface area contributed by atoms with Gasteiger partial charge in [0.25, 0.3) is 0 Å². The number of allylic oxidation sites excluding steroid dienone is 1. The molecule has 0 aliphatic heterocycles. The van der Waals surface area contributed by atoms with Crippen LogP contribution in [0.1, 0.15) is 23.5 Å². The van der Waals surface area contributed by atoms with E-state index in [1.54, 1.807) is 42.7 Å². The molecule has 3 rings (SSSR count). The summed E-state index contributed by atoms with van der Waals surface area (Å²) in [6, 6.07) is 8.06. The normalized spacial score (nSPS) is 12.2. The maximum Gasteiger partial charge on any atom is 0.175 e. The molecule has 2 heterocycles. The average molecular weight is 396 g/mol. The summed E-state index contributed by atoms with van der Waals surface area (Å²) >= 11 is 0. The third-order valence-electron chi connectivity index (χ3n) is 3.94. The van der Waals surface area contributed by atoms with E-state index >= 15 is 0 Å². The highest BCUT2D eigenvalue weighted by atomic mass is 19.1. The van der Waals surface area contributed by atoms with Crippen LogP contribution in [0.3, 0.4) is 0 Å². The van der Waals surface area contributed by atoms with Crippen LogP contribution >= 0.6 is 0 Å².